The fourth-order valence-electron chi connectivity index (χ4n) is 6.41. The smallest absolute Gasteiger partial charge is 0.407 e. The van der Waals surface area contributed by atoms with Crippen molar-refractivity contribution in [1.82, 2.24) is 31.5 Å². The summed E-state index contributed by atoms with van der Waals surface area (Å²) in [5.74, 6) is 0.950. The van der Waals surface area contributed by atoms with E-state index < -0.39 is 70.9 Å². The van der Waals surface area contributed by atoms with Crippen LogP contribution in [0.25, 0.3) is 0 Å². The lowest BCUT2D eigenvalue weighted by molar-refractivity contribution is 0.0452. The lowest BCUT2D eigenvalue weighted by atomic mass is 10.00. The van der Waals surface area contributed by atoms with Gasteiger partial charge in [-0.3, -0.25) is 0 Å². The summed E-state index contributed by atoms with van der Waals surface area (Å²) in [5, 5.41) is 24.8. The number of carbonyl (C=O) groups excluding carboxylic acids is 4. The van der Waals surface area contributed by atoms with Gasteiger partial charge in [0.2, 0.25) is 0 Å². The Morgan fingerprint density at radius 3 is 1.25 bits per heavy atom. The van der Waals surface area contributed by atoms with Crippen molar-refractivity contribution in [2.75, 3.05) is 41.3 Å². The second-order valence-corrected chi connectivity index (χ2v) is 18.6. The molecule has 4 amide bonds. The summed E-state index contributed by atoms with van der Waals surface area (Å²) in [7, 11) is 0. The number of piperidine rings is 2. The van der Waals surface area contributed by atoms with Crippen LogP contribution < -0.4 is 36.4 Å². The molecule has 0 radical (unpaired) electrons. The van der Waals surface area contributed by atoms with E-state index in [1.807, 2.05) is 46.2 Å². The topological polar surface area (TPSA) is 198 Å². The fraction of sp³-hybridized carbons (Fsp3) is 0.650. The zero-order chi connectivity index (χ0) is 42.3. The van der Waals surface area contributed by atoms with Crippen molar-refractivity contribution < 1.29 is 38.1 Å². The van der Waals surface area contributed by atoms with Gasteiger partial charge in [-0.25, -0.2) is 19.2 Å². The molecule has 1 aromatic carbocycles. The number of alkyl carbamates (subject to hydrolysis) is 4. The summed E-state index contributed by atoms with van der Waals surface area (Å²) in [6.45, 7) is 22.8. The van der Waals surface area contributed by atoms with Gasteiger partial charge in [-0.05, 0) is 108 Å². The molecular weight excluding hydrogens is 734 g/mol. The first-order valence-electron chi connectivity index (χ1n) is 19.5. The van der Waals surface area contributed by atoms with Crippen LogP contribution in [0.5, 0.6) is 0 Å². The summed E-state index contributed by atoms with van der Waals surface area (Å²) in [5.41, 5.74) is -1.45. The summed E-state index contributed by atoms with van der Waals surface area (Å²) in [6, 6.07) is 9.68. The molecule has 316 valence electrons. The summed E-state index contributed by atoms with van der Waals surface area (Å²) < 4.78 is 22.2. The van der Waals surface area contributed by atoms with E-state index in [9.17, 15) is 19.2 Å². The van der Waals surface area contributed by atoms with Crippen LogP contribution in [0.3, 0.4) is 0 Å². The predicted molar refractivity (Wildman–Crippen MR) is 218 cm³/mol. The molecule has 2 aliphatic rings. The van der Waals surface area contributed by atoms with Crippen LogP contribution >= 0.6 is 0 Å². The van der Waals surface area contributed by atoms with E-state index in [1.165, 1.54) is 0 Å². The van der Waals surface area contributed by atoms with E-state index in [0.29, 0.717) is 56.3 Å². The van der Waals surface area contributed by atoms with Crippen LogP contribution in [-0.2, 0) is 18.9 Å². The van der Waals surface area contributed by atoms with Crippen molar-refractivity contribution in [1.29, 1.82) is 0 Å². The number of aromatic nitrogens is 2. The Morgan fingerprint density at radius 1 is 0.544 bits per heavy atom. The van der Waals surface area contributed by atoms with Crippen LogP contribution in [0.4, 0.5) is 42.2 Å². The van der Waals surface area contributed by atoms with Crippen LogP contribution in [0.2, 0.25) is 0 Å². The Morgan fingerprint density at radius 2 is 0.895 bits per heavy atom. The zero-order valence-corrected chi connectivity index (χ0v) is 35.6. The zero-order valence-electron chi connectivity index (χ0n) is 35.6. The number of anilines is 4. The molecule has 0 saturated carbocycles. The maximum Gasteiger partial charge on any atom is 0.407 e. The number of ether oxygens (including phenoxy) is 4. The summed E-state index contributed by atoms with van der Waals surface area (Å²) in [6.07, 6.45) is -1.48. The van der Waals surface area contributed by atoms with Crippen LogP contribution in [0.1, 0.15) is 95.9 Å². The van der Waals surface area contributed by atoms with E-state index in [4.69, 9.17) is 24.0 Å². The van der Waals surface area contributed by atoms with E-state index in [-0.39, 0.29) is 0 Å². The maximum absolute atomic E-state index is 13.0. The first-order valence-corrected chi connectivity index (χ1v) is 19.5. The summed E-state index contributed by atoms with van der Waals surface area (Å²) >= 11 is 0. The summed E-state index contributed by atoms with van der Waals surface area (Å²) in [4.78, 5) is 55.6. The van der Waals surface area contributed by atoms with E-state index in [1.54, 1.807) is 83.1 Å². The van der Waals surface area contributed by atoms with Crippen LogP contribution in [-0.4, -0.2) is 107 Å². The van der Waals surface area contributed by atoms with Gasteiger partial charge in [0, 0.05) is 37.9 Å². The molecule has 57 heavy (non-hydrogen) atoms. The lowest BCUT2D eigenvalue weighted by Crippen LogP contribution is -2.58. The van der Waals surface area contributed by atoms with Gasteiger partial charge in [0.1, 0.15) is 22.4 Å². The molecule has 0 bridgehead atoms. The number of carbonyl (C=O) groups is 4. The van der Waals surface area contributed by atoms with Gasteiger partial charge in [-0.15, -0.1) is 10.2 Å². The molecule has 2 fully saturated rings. The molecule has 3 heterocycles. The molecule has 0 spiro atoms. The largest absolute Gasteiger partial charge is 0.444 e. The van der Waals surface area contributed by atoms with Gasteiger partial charge in [-0.2, -0.15) is 0 Å². The molecule has 4 rings (SSSR count). The van der Waals surface area contributed by atoms with Crippen molar-refractivity contribution in [3.63, 3.8) is 0 Å². The van der Waals surface area contributed by atoms with Crippen molar-refractivity contribution >= 4 is 47.4 Å². The van der Waals surface area contributed by atoms with Gasteiger partial charge in [0.05, 0.1) is 29.9 Å². The molecule has 5 N–H and O–H groups in total. The number of amides is 4. The minimum atomic E-state index is -0.710. The Kier molecular flexibility index (Phi) is 14.0. The molecule has 0 aliphatic carbocycles. The molecule has 17 nitrogen and oxygen atoms in total. The van der Waals surface area contributed by atoms with Gasteiger partial charge in [0.15, 0.2) is 11.6 Å². The Bertz CT molecular complexity index is 1620. The second kappa shape index (κ2) is 17.9. The van der Waals surface area contributed by atoms with Crippen molar-refractivity contribution in [3.05, 3.63) is 36.4 Å². The number of nitrogens with zero attached hydrogens (tertiary/aromatic N) is 4. The van der Waals surface area contributed by atoms with Gasteiger partial charge in [-0.1, -0.05) is 18.2 Å². The lowest BCUT2D eigenvalue weighted by Gasteiger charge is -2.40. The Labute approximate surface area is 336 Å². The third-order valence-electron chi connectivity index (χ3n) is 8.22. The van der Waals surface area contributed by atoms with Crippen molar-refractivity contribution in [3.8, 4) is 0 Å². The monoisotopic (exact) mass is 797 g/mol. The minimum absolute atomic E-state index is 0.330. The number of benzene rings is 1. The highest BCUT2D eigenvalue weighted by atomic mass is 16.6. The third kappa shape index (κ3) is 15.7. The van der Waals surface area contributed by atoms with Crippen LogP contribution in [0.15, 0.2) is 36.4 Å². The molecule has 2 saturated heterocycles. The molecule has 2 aromatic rings. The SMILES string of the molecule is CC(C)(C)OC(=O)NC1CC(NC(=O)OC(C)(C)C)CN(c2cc(Nc3ccccc3)c(N3CC(NC(=O)OC(C)(C)C)CC(NC(=O)OC(C)(C)C)C3)nn2)C1. The first kappa shape index (κ1) is 44.5. The number of hydrogen-bond donors (Lipinski definition) is 5. The molecular formula is C40H63N9O8. The van der Waals surface area contributed by atoms with Gasteiger partial charge < -0.3 is 55.3 Å². The van der Waals surface area contributed by atoms with E-state index >= 15 is 0 Å². The third-order valence-corrected chi connectivity index (χ3v) is 8.22. The van der Waals surface area contributed by atoms with Crippen molar-refractivity contribution in [2.24, 2.45) is 0 Å². The van der Waals surface area contributed by atoms with Gasteiger partial charge >= 0.3 is 24.4 Å². The molecule has 2 aliphatic heterocycles. The fourth-order valence-corrected chi connectivity index (χ4v) is 6.41. The predicted octanol–water partition coefficient (Wildman–Crippen LogP) is 6.21. The molecule has 4 unspecified atom stereocenters. The molecule has 1 aromatic heterocycles. The quantitative estimate of drug-likeness (QED) is 0.189. The molecule has 17 heteroatoms. The Hall–Kier alpha value is -5.22. The average Bonchev–Trinajstić information content (AvgIpc) is 3.01. The number of para-hydroxylation sites is 1. The standard InChI is InChI=1S/C40H63N9O8/c1-37(2,3)54-33(50)42-26-18-27(43-34(51)55-38(4,5)6)22-48(21-26)31-20-30(41-25-16-14-13-15-17-25)32(47-46-31)49-23-28(44-35(52)56-39(7,8)9)19-29(24-49)45-36(53)57-40(10,11)12/h13-17,20,26-29H,18-19,21-24H2,1-12H3,(H,41,46)(H,42,50)(H,43,51)(H,44,52)(H,45,53). The minimum Gasteiger partial charge on any atom is -0.444 e. The van der Waals surface area contributed by atoms with E-state index in [0.717, 1.165) is 5.69 Å². The molecule has 4 atom stereocenters. The highest BCUT2D eigenvalue weighted by molar-refractivity contribution is 5.76. The number of nitrogens with one attached hydrogen (secondary N) is 5. The first-order chi connectivity index (χ1) is 26.3. The number of rotatable bonds is 8. The average molecular weight is 798 g/mol. The van der Waals surface area contributed by atoms with Gasteiger partial charge in [0.25, 0.3) is 0 Å². The Balaban J connectivity index is 1.69. The number of hydrogen-bond acceptors (Lipinski definition) is 13. The second-order valence-electron chi connectivity index (χ2n) is 18.6. The van der Waals surface area contributed by atoms with Crippen molar-refractivity contribution in [2.45, 2.75) is 142 Å². The normalized spacial score (nSPS) is 20.4. The van der Waals surface area contributed by atoms with E-state index in [2.05, 4.69) is 31.7 Å². The van der Waals surface area contributed by atoms with Crippen LogP contribution in [0, 0.1) is 0 Å². The maximum atomic E-state index is 13.0. The highest BCUT2D eigenvalue weighted by Gasteiger charge is 2.36. The highest BCUT2D eigenvalue weighted by Crippen LogP contribution is 2.33.